The maximum absolute atomic E-state index is 3.70. The van der Waals surface area contributed by atoms with Crippen molar-refractivity contribution in [2.45, 2.75) is 58.4 Å². The normalized spacial score (nSPS) is 36.8. The van der Waals surface area contributed by atoms with Gasteiger partial charge in [0.05, 0.1) is 0 Å². The van der Waals surface area contributed by atoms with Crippen molar-refractivity contribution in [3.05, 3.63) is 0 Å². The predicted octanol–water partition coefficient (Wildman–Crippen LogP) is 2.95. The van der Waals surface area contributed by atoms with E-state index in [2.05, 4.69) is 26.1 Å². The van der Waals surface area contributed by atoms with Crippen LogP contribution >= 0.6 is 0 Å². The van der Waals surface area contributed by atoms with E-state index in [1.54, 1.807) is 0 Å². The van der Waals surface area contributed by atoms with Crippen LogP contribution in [0.5, 0.6) is 0 Å². The highest BCUT2D eigenvalue weighted by Crippen LogP contribution is 2.32. The third-order valence-electron chi connectivity index (χ3n) is 3.45. The largest absolute Gasteiger partial charge is 0.311 e. The van der Waals surface area contributed by atoms with Gasteiger partial charge in [-0.1, -0.05) is 26.7 Å². The van der Waals surface area contributed by atoms with E-state index in [1.807, 2.05) is 0 Å². The molecule has 0 aromatic carbocycles. The summed E-state index contributed by atoms with van der Waals surface area (Å²) in [5.74, 6) is 0.859. The Labute approximate surface area is 76.9 Å². The van der Waals surface area contributed by atoms with E-state index in [1.165, 1.54) is 38.6 Å². The lowest BCUT2D eigenvalue weighted by Gasteiger charge is -2.40. The van der Waals surface area contributed by atoms with Gasteiger partial charge in [-0.2, -0.15) is 0 Å². The fourth-order valence-corrected chi connectivity index (χ4v) is 2.18. The first-order valence-electron chi connectivity index (χ1n) is 5.44. The zero-order chi connectivity index (χ0) is 9.03. The molecule has 0 saturated heterocycles. The Balaban J connectivity index is 2.42. The molecule has 0 aromatic heterocycles. The van der Waals surface area contributed by atoms with Crippen LogP contribution in [0.15, 0.2) is 0 Å². The van der Waals surface area contributed by atoms with Gasteiger partial charge in [-0.3, -0.25) is 0 Å². The Morgan fingerprint density at radius 2 is 2.17 bits per heavy atom. The van der Waals surface area contributed by atoms with E-state index in [0.717, 1.165) is 5.92 Å². The zero-order valence-electron chi connectivity index (χ0n) is 8.82. The highest BCUT2D eigenvalue weighted by molar-refractivity contribution is 4.90. The van der Waals surface area contributed by atoms with E-state index < -0.39 is 0 Å². The van der Waals surface area contributed by atoms with Gasteiger partial charge in [0.2, 0.25) is 0 Å². The zero-order valence-corrected chi connectivity index (χ0v) is 8.82. The van der Waals surface area contributed by atoms with Gasteiger partial charge >= 0.3 is 0 Å². The maximum atomic E-state index is 3.70. The second-order valence-electron chi connectivity index (χ2n) is 4.49. The van der Waals surface area contributed by atoms with Gasteiger partial charge in [-0.25, -0.2) is 0 Å². The Bertz CT molecular complexity index is 133. The molecular weight excluding hydrogens is 146 g/mol. The van der Waals surface area contributed by atoms with Crippen LogP contribution in [0.1, 0.15) is 52.9 Å². The van der Waals surface area contributed by atoms with Gasteiger partial charge in [0.15, 0.2) is 0 Å². The summed E-state index contributed by atoms with van der Waals surface area (Å²) in [6.45, 7) is 8.21. The molecule has 0 radical (unpaired) electrons. The van der Waals surface area contributed by atoms with Crippen LogP contribution in [0.4, 0.5) is 0 Å². The van der Waals surface area contributed by atoms with Crippen molar-refractivity contribution in [3.63, 3.8) is 0 Å². The lowest BCUT2D eigenvalue weighted by molar-refractivity contribution is 0.175. The Morgan fingerprint density at radius 1 is 1.42 bits per heavy atom. The fourth-order valence-electron chi connectivity index (χ4n) is 2.18. The minimum atomic E-state index is 0.439. The third kappa shape index (κ3) is 2.22. The molecule has 0 amide bonds. The molecular formula is C11H23N. The van der Waals surface area contributed by atoms with E-state index >= 15 is 0 Å². The average molecular weight is 169 g/mol. The van der Waals surface area contributed by atoms with Gasteiger partial charge in [0.1, 0.15) is 0 Å². The smallest absolute Gasteiger partial charge is 0.0178 e. The summed E-state index contributed by atoms with van der Waals surface area (Å²) < 4.78 is 0. The van der Waals surface area contributed by atoms with Crippen LogP contribution in [0, 0.1) is 5.92 Å². The third-order valence-corrected chi connectivity index (χ3v) is 3.45. The highest BCUT2D eigenvalue weighted by Gasteiger charge is 2.32. The van der Waals surface area contributed by atoms with Gasteiger partial charge in [-0.15, -0.1) is 0 Å². The second kappa shape index (κ2) is 4.27. The van der Waals surface area contributed by atoms with Crippen molar-refractivity contribution in [3.8, 4) is 0 Å². The van der Waals surface area contributed by atoms with Crippen molar-refractivity contribution in [2.75, 3.05) is 6.54 Å². The first-order valence-corrected chi connectivity index (χ1v) is 5.44. The molecule has 0 spiro atoms. The molecule has 1 heteroatoms. The monoisotopic (exact) mass is 169 g/mol. The SMILES string of the molecule is CCCNC1(C)CCCCC1C. The first-order chi connectivity index (χ1) is 5.69. The summed E-state index contributed by atoms with van der Waals surface area (Å²) in [6, 6.07) is 0. The number of hydrogen-bond donors (Lipinski definition) is 1. The standard InChI is InChI=1S/C11H23N/c1-4-9-12-11(3)8-6-5-7-10(11)2/h10,12H,4-9H2,1-3H3. The Hall–Kier alpha value is -0.0400. The molecule has 1 rings (SSSR count). The molecule has 1 fully saturated rings. The summed E-state index contributed by atoms with van der Waals surface area (Å²) in [7, 11) is 0. The second-order valence-corrected chi connectivity index (χ2v) is 4.49. The van der Waals surface area contributed by atoms with Crippen LogP contribution in [0.3, 0.4) is 0 Å². The first kappa shape index (κ1) is 10.0. The van der Waals surface area contributed by atoms with Crippen molar-refractivity contribution < 1.29 is 0 Å². The van der Waals surface area contributed by atoms with Crippen LogP contribution in [-0.2, 0) is 0 Å². The van der Waals surface area contributed by atoms with Gasteiger partial charge < -0.3 is 5.32 Å². The number of nitrogens with one attached hydrogen (secondary N) is 1. The summed E-state index contributed by atoms with van der Waals surface area (Å²) in [4.78, 5) is 0. The molecule has 0 bridgehead atoms. The molecule has 0 aliphatic heterocycles. The topological polar surface area (TPSA) is 12.0 Å². The van der Waals surface area contributed by atoms with Gasteiger partial charge in [0, 0.05) is 5.54 Å². The highest BCUT2D eigenvalue weighted by atomic mass is 15.0. The van der Waals surface area contributed by atoms with E-state index in [9.17, 15) is 0 Å². The van der Waals surface area contributed by atoms with E-state index in [0.29, 0.717) is 5.54 Å². The molecule has 1 nitrogen and oxygen atoms in total. The maximum Gasteiger partial charge on any atom is 0.0178 e. The van der Waals surface area contributed by atoms with Crippen LogP contribution in [-0.4, -0.2) is 12.1 Å². The average Bonchev–Trinajstić information content (AvgIpc) is 2.07. The summed E-state index contributed by atoms with van der Waals surface area (Å²) in [5.41, 5.74) is 0.439. The summed E-state index contributed by atoms with van der Waals surface area (Å²) in [5, 5.41) is 3.70. The van der Waals surface area contributed by atoms with Crippen molar-refractivity contribution in [2.24, 2.45) is 5.92 Å². The number of hydrogen-bond acceptors (Lipinski definition) is 1. The number of rotatable bonds is 3. The molecule has 0 heterocycles. The molecule has 1 N–H and O–H groups in total. The minimum absolute atomic E-state index is 0.439. The molecule has 2 unspecified atom stereocenters. The molecule has 0 aromatic rings. The predicted molar refractivity (Wildman–Crippen MR) is 54.3 cm³/mol. The Morgan fingerprint density at radius 3 is 2.75 bits per heavy atom. The van der Waals surface area contributed by atoms with Crippen LogP contribution in [0.25, 0.3) is 0 Å². The van der Waals surface area contributed by atoms with Crippen molar-refractivity contribution in [1.29, 1.82) is 0 Å². The minimum Gasteiger partial charge on any atom is -0.311 e. The molecule has 1 aliphatic rings. The lowest BCUT2D eigenvalue weighted by atomic mass is 9.75. The van der Waals surface area contributed by atoms with Crippen molar-refractivity contribution >= 4 is 0 Å². The lowest BCUT2D eigenvalue weighted by Crippen LogP contribution is -2.49. The molecule has 1 aliphatic carbocycles. The molecule has 12 heavy (non-hydrogen) atoms. The van der Waals surface area contributed by atoms with E-state index in [-0.39, 0.29) is 0 Å². The fraction of sp³-hybridized carbons (Fsp3) is 1.00. The van der Waals surface area contributed by atoms with Crippen LogP contribution in [0.2, 0.25) is 0 Å². The van der Waals surface area contributed by atoms with Crippen LogP contribution < -0.4 is 5.32 Å². The van der Waals surface area contributed by atoms with Crippen molar-refractivity contribution in [1.82, 2.24) is 5.32 Å². The molecule has 1 saturated carbocycles. The molecule has 2 atom stereocenters. The Kier molecular flexibility index (Phi) is 3.57. The quantitative estimate of drug-likeness (QED) is 0.685. The molecule has 72 valence electrons. The van der Waals surface area contributed by atoms with Gasteiger partial charge in [-0.05, 0) is 38.6 Å². The summed E-state index contributed by atoms with van der Waals surface area (Å²) >= 11 is 0. The van der Waals surface area contributed by atoms with Gasteiger partial charge in [0.25, 0.3) is 0 Å². The summed E-state index contributed by atoms with van der Waals surface area (Å²) in [6.07, 6.45) is 6.88. The van der Waals surface area contributed by atoms with E-state index in [4.69, 9.17) is 0 Å².